The van der Waals surface area contributed by atoms with Crippen molar-refractivity contribution in [1.82, 2.24) is 10.6 Å². The van der Waals surface area contributed by atoms with Crippen LogP contribution in [0.1, 0.15) is 17.2 Å². The summed E-state index contributed by atoms with van der Waals surface area (Å²) >= 11 is 1.71. The number of rotatable bonds is 8. The highest BCUT2D eigenvalue weighted by Gasteiger charge is 2.15. The maximum absolute atomic E-state index is 12.1. The average molecular weight is 401 g/mol. The van der Waals surface area contributed by atoms with Gasteiger partial charge in [0.05, 0.1) is 14.2 Å². The number of hydrogen-bond donors (Lipinski definition) is 3. The summed E-state index contributed by atoms with van der Waals surface area (Å²) in [5.41, 5.74) is 1.79. The molecule has 2 aromatic carbocycles. The Labute approximate surface area is 168 Å². The Morgan fingerprint density at radius 2 is 1.96 bits per heavy atom. The molecule has 0 bridgehead atoms. The first kappa shape index (κ1) is 20.0. The number of benzene rings is 2. The predicted molar refractivity (Wildman–Crippen MR) is 111 cm³/mol. The lowest BCUT2D eigenvalue weighted by Gasteiger charge is -2.16. The van der Waals surface area contributed by atoms with E-state index in [0.717, 1.165) is 6.42 Å². The van der Waals surface area contributed by atoms with E-state index >= 15 is 0 Å². The van der Waals surface area contributed by atoms with Crippen LogP contribution < -0.4 is 20.1 Å². The van der Waals surface area contributed by atoms with Crippen LogP contribution in [-0.4, -0.2) is 38.4 Å². The van der Waals surface area contributed by atoms with Crippen molar-refractivity contribution in [2.75, 3.05) is 27.3 Å². The normalized spacial score (nSPS) is 11.8. The van der Waals surface area contributed by atoms with E-state index in [1.165, 1.54) is 22.8 Å². The molecular weight excluding hydrogens is 376 g/mol. The zero-order chi connectivity index (χ0) is 19.9. The minimum Gasteiger partial charge on any atom is -0.497 e. The zero-order valence-electron chi connectivity index (χ0n) is 15.9. The molecule has 7 heteroatoms. The van der Waals surface area contributed by atoms with Gasteiger partial charge >= 0.3 is 6.03 Å². The maximum Gasteiger partial charge on any atom is 0.314 e. The smallest absolute Gasteiger partial charge is 0.314 e. The van der Waals surface area contributed by atoms with Crippen molar-refractivity contribution in [3.05, 3.63) is 59.0 Å². The minimum atomic E-state index is -0.906. The van der Waals surface area contributed by atoms with Gasteiger partial charge in [-0.1, -0.05) is 18.2 Å². The summed E-state index contributed by atoms with van der Waals surface area (Å²) in [7, 11) is 3.09. The molecule has 1 heterocycles. The number of ether oxygens (including phenoxy) is 2. The Balaban J connectivity index is 1.49. The molecule has 0 aliphatic rings. The van der Waals surface area contributed by atoms with E-state index in [-0.39, 0.29) is 12.6 Å². The summed E-state index contributed by atoms with van der Waals surface area (Å²) in [6.45, 7) is 0.585. The van der Waals surface area contributed by atoms with E-state index in [1.54, 1.807) is 36.6 Å². The lowest BCUT2D eigenvalue weighted by Crippen LogP contribution is -2.38. The topological polar surface area (TPSA) is 79.8 Å². The number of aliphatic hydroxyl groups excluding tert-OH is 1. The summed E-state index contributed by atoms with van der Waals surface area (Å²) < 4.78 is 11.7. The van der Waals surface area contributed by atoms with Crippen molar-refractivity contribution >= 4 is 27.5 Å². The Morgan fingerprint density at radius 3 is 2.75 bits per heavy atom. The van der Waals surface area contributed by atoms with Crippen molar-refractivity contribution in [1.29, 1.82) is 0 Å². The fourth-order valence-corrected chi connectivity index (χ4v) is 4.00. The molecule has 0 spiro atoms. The Hall–Kier alpha value is -2.77. The fourth-order valence-electron chi connectivity index (χ4n) is 3.00. The molecule has 6 nitrogen and oxygen atoms in total. The summed E-state index contributed by atoms with van der Waals surface area (Å²) in [5.74, 6) is 1.15. The largest absolute Gasteiger partial charge is 0.497 e. The molecule has 28 heavy (non-hydrogen) atoms. The Bertz CT molecular complexity index is 941. The number of carbonyl (C=O) groups is 1. The van der Waals surface area contributed by atoms with E-state index in [2.05, 4.69) is 28.1 Å². The highest BCUT2D eigenvalue weighted by molar-refractivity contribution is 7.17. The number of urea groups is 1. The van der Waals surface area contributed by atoms with E-state index < -0.39 is 6.10 Å². The van der Waals surface area contributed by atoms with Crippen molar-refractivity contribution in [2.45, 2.75) is 12.5 Å². The van der Waals surface area contributed by atoms with Crippen molar-refractivity contribution in [3.8, 4) is 11.5 Å². The molecule has 0 saturated heterocycles. The van der Waals surface area contributed by atoms with Crippen LogP contribution >= 0.6 is 11.3 Å². The highest BCUT2D eigenvalue weighted by atomic mass is 32.1. The molecule has 3 aromatic rings. The third-order valence-corrected chi connectivity index (χ3v) is 5.51. The number of nitrogens with one attached hydrogen (secondary N) is 2. The van der Waals surface area contributed by atoms with Gasteiger partial charge in [-0.15, -0.1) is 11.3 Å². The molecule has 148 valence electrons. The van der Waals surface area contributed by atoms with Gasteiger partial charge in [0.15, 0.2) is 0 Å². The van der Waals surface area contributed by atoms with Crippen LogP contribution in [0.3, 0.4) is 0 Å². The minimum absolute atomic E-state index is 0.0662. The Kier molecular flexibility index (Phi) is 6.73. The van der Waals surface area contributed by atoms with Crippen LogP contribution in [0.5, 0.6) is 11.5 Å². The zero-order valence-corrected chi connectivity index (χ0v) is 16.7. The highest BCUT2D eigenvalue weighted by Crippen LogP contribution is 2.29. The monoisotopic (exact) mass is 400 g/mol. The molecule has 1 atom stereocenters. The standard InChI is InChI=1S/C21H24N2O4S/c1-26-15-7-8-19(27-2)17(11-15)18(24)12-23-21(25)22-10-9-14-13-28-20-6-4-3-5-16(14)20/h3-8,11,13,18,24H,9-10,12H2,1-2H3,(H2,22,23,25). The van der Waals surface area contributed by atoms with Gasteiger partial charge in [0.2, 0.25) is 0 Å². The van der Waals surface area contributed by atoms with Crippen molar-refractivity contribution in [3.63, 3.8) is 0 Å². The van der Waals surface area contributed by atoms with Gasteiger partial charge in [-0.05, 0) is 47.0 Å². The molecule has 2 amide bonds. The lowest BCUT2D eigenvalue weighted by molar-refractivity contribution is 0.169. The summed E-state index contributed by atoms with van der Waals surface area (Å²) in [6.07, 6.45) is -0.152. The second-order valence-electron chi connectivity index (χ2n) is 6.27. The molecule has 0 fully saturated rings. The molecule has 0 saturated carbocycles. The van der Waals surface area contributed by atoms with Crippen LogP contribution in [0.15, 0.2) is 47.8 Å². The van der Waals surface area contributed by atoms with Crippen LogP contribution in [0.4, 0.5) is 4.79 Å². The van der Waals surface area contributed by atoms with Gasteiger partial charge in [-0.25, -0.2) is 4.79 Å². The van der Waals surface area contributed by atoms with Crippen LogP contribution in [-0.2, 0) is 6.42 Å². The van der Waals surface area contributed by atoms with Crippen LogP contribution in [0, 0.1) is 0 Å². The molecule has 3 rings (SSSR count). The first-order valence-electron chi connectivity index (χ1n) is 8.99. The summed E-state index contributed by atoms with van der Waals surface area (Å²) in [6, 6.07) is 13.1. The fraction of sp³-hybridized carbons (Fsp3) is 0.286. The van der Waals surface area contributed by atoms with Crippen LogP contribution in [0.2, 0.25) is 0 Å². The number of carbonyl (C=O) groups excluding carboxylic acids is 1. The molecule has 3 N–H and O–H groups in total. The van der Waals surface area contributed by atoms with E-state index in [9.17, 15) is 9.90 Å². The molecule has 0 radical (unpaired) electrons. The van der Waals surface area contributed by atoms with Gasteiger partial charge in [0.25, 0.3) is 0 Å². The van der Waals surface area contributed by atoms with Crippen LogP contribution in [0.25, 0.3) is 10.1 Å². The van der Waals surface area contributed by atoms with Gasteiger partial charge in [-0.3, -0.25) is 0 Å². The molecule has 1 unspecified atom stereocenters. The average Bonchev–Trinajstić information content (AvgIpc) is 3.14. The van der Waals surface area contributed by atoms with Crippen molar-refractivity contribution in [2.24, 2.45) is 0 Å². The van der Waals surface area contributed by atoms with E-state index in [1.807, 2.05) is 12.1 Å². The number of hydrogen-bond acceptors (Lipinski definition) is 5. The van der Waals surface area contributed by atoms with Gasteiger partial charge in [-0.2, -0.15) is 0 Å². The summed E-state index contributed by atoms with van der Waals surface area (Å²) in [4.78, 5) is 12.1. The Morgan fingerprint density at radius 1 is 1.14 bits per heavy atom. The van der Waals surface area contributed by atoms with Gasteiger partial charge in [0, 0.05) is 23.4 Å². The SMILES string of the molecule is COc1ccc(OC)c(C(O)CNC(=O)NCCc2csc3ccccc23)c1. The molecule has 1 aromatic heterocycles. The molecule has 0 aliphatic heterocycles. The number of thiophene rings is 1. The number of fused-ring (bicyclic) bond motifs is 1. The third-order valence-electron chi connectivity index (χ3n) is 4.49. The molecule has 0 aliphatic carbocycles. The molecular formula is C21H24N2O4S. The quantitative estimate of drug-likeness (QED) is 0.541. The number of aliphatic hydroxyl groups is 1. The second kappa shape index (κ2) is 9.43. The number of methoxy groups -OCH3 is 2. The van der Waals surface area contributed by atoms with E-state index in [0.29, 0.717) is 23.6 Å². The maximum atomic E-state index is 12.1. The predicted octanol–water partition coefficient (Wildman–Crippen LogP) is 3.49. The third kappa shape index (κ3) is 4.74. The second-order valence-corrected chi connectivity index (χ2v) is 7.18. The summed E-state index contributed by atoms with van der Waals surface area (Å²) in [5, 5.41) is 19.3. The van der Waals surface area contributed by atoms with Gasteiger partial charge < -0.3 is 25.2 Å². The van der Waals surface area contributed by atoms with E-state index in [4.69, 9.17) is 9.47 Å². The van der Waals surface area contributed by atoms with Crippen molar-refractivity contribution < 1.29 is 19.4 Å². The van der Waals surface area contributed by atoms with Gasteiger partial charge in [0.1, 0.15) is 17.6 Å². The lowest BCUT2D eigenvalue weighted by atomic mass is 10.1. The first-order chi connectivity index (χ1) is 13.6. The first-order valence-corrected chi connectivity index (χ1v) is 9.87. The number of amides is 2.